The van der Waals surface area contributed by atoms with E-state index >= 15 is 0 Å². The number of hydrogen-bond donors (Lipinski definition) is 2. The fourth-order valence-electron chi connectivity index (χ4n) is 4.05. The van der Waals surface area contributed by atoms with Crippen molar-refractivity contribution < 1.29 is 19.2 Å². The average Bonchev–Trinajstić information content (AvgIpc) is 2.72. The lowest BCUT2D eigenvalue weighted by atomic mass is 9.74. The predicted octanol–water partition coefficient (Wildman–Crippen LogP) is 3.15. The van der Waals surface area contributed by atoms with Gasteiger partial charge in [-0.2, -0.15) is 4.98 Å². The highest BCUT2D eigenvalue weighted by Gasteiger charge is 2.39. The number of aromatic nitrogens is 2. The zero-order chi connectivity index (χ0) is 21.7. The topological polar surface area (TPSA) is 129 Å². The van der Waals surface area contributed by atoms with Crippen LogP contribution in [0, 0.1) is 21.4 Å². The van der Waals surface area contributed by atoms with Crippen LogP contribution in [-0.4, -0.2) is 52.8 Å². The van der Waals surface area contributed by atoms with Gasteiger partial charge >= 0.3 is 11.7 Å². The highest BCUT2D eigenvalue weighted by molar-refractivity contribution is 5.76. The van der Waals surface area contributed by atoms with Crippen LogP contribution in [0.2, 0.25) is 0 Å². The molecule has 10 heteroatoms. The second-order valence-corrected chi connectivity index (χ2v) is 8.48. The first-order chi connectivity index (χ1) is 14.3. The van der Waals surface area contributed by atoms with Crippen LogP contribution in [0.5, 0.6) is 0 Å². The molecule has 0 radical (unpaired) electrons. The molecule has 1 aliphatic carbocycles. The van der Waals surface area contributed by atoms with Gasteiger partial charge in [0.1, 0.15) is 6.20 Å². The van der Waals surface area contributed by atoms with Gasteiger partial charge in [-0.25, -0.2) is 4.98 Å². The molecular weight excluding hydrogens is 390 g/mol. The normalized spacial score (nSPS) is 29.1. The summed E-state index contributed by atoms with van der Waals surface area (Å²) in [5.74, 6) is 0.706. The van der Waals surface area contributed by atoms with E-state index in [0.29, 0.717) is 57.4 Å². The van der Waals surface area contributed by atoms with Crippen LogP contribution in [0.25, 0.3) is 0 Å². The van der Waals surface area contributed by atoms with E-state index in [2.05, 4.69) is 27.5 Å². The number of nitro groups is 1. The number of anilines is 2. The van der Waals surface area contributed by atoms with Gasteiger partial charge in [0.2, 0.25) is 11.8 Å². The third-order valence-electron chi connectivity index (χ3n) is 6.12. The van der Waals surface area contributed by atoms with Crippen molar-refractivity contribution in [3.8, 4) is 0 Å². The van der Waals surface area contributed by atoms with E-state index in [-0.39, 0.29) is 29.6 Å². The Morgan fingerprint density at radius 3 is 2.73 bits per heavy atom. The lowest BCUT2D eigenvalue weighted by molar-refractivity contribution is -0.384. The molecule has 1 aromatic heterocycles. The number of nitrogens with zero attached hydrogens (tertiary/aromatic N) is 3. The maximum Gasteiger partial charge on any atom is 0.329 e. The molecule has 2 heterocycles. The van der Waals surface area contributed by atoms with Gasteiger partial charge in [-0.05, 0) is 51.9 Å². The summed E-state index contributed by atoms with van der Waals surface area (Å²) in [7, 11) is 0. The Kier molecular flexibility index (Phi) is 7.06. The van der Waals surface area contributed by atoms with Crippen molar-refractivity contribution in [2.45, 2.75) is 65.0 Å². The first-order valence-electron chi connectivity index (χ1n) is 10.6. The molecule has 0 bridgehead atoms. The second kappa shape index (κ2) is 9.55. The molecular formula is C20H31N5O5. The zero-order valence-corrected chi connectivity index (χ0v) is 17.8. The van der Waals surface area contributed by atoms with Crippen LogP contribution in [0.4, 0.5) is 17.5 Å². The van der Waals surface area contributed by atoms with Crippen molar-refractivity contribution in [2.75, 3.05) is 30.5 Å². The number of hydrogen-bond acceptors (Lipinski definition) is 9. The molecule has 0 unspecified atom stereocenters. The minimum absolute atomic E-state index is 0.00374. The molecule has 0 amide bonds. The fourth-order valence-corrected chi connectivity index (χ4v) is 4.05. The highest BCUT2D eigenvalue weighted by Crippen LogP contribution is 2.38. The molecule has 0 spiro atoms. The Morgan fingerprint density at radius 1 is 1.37 bits per heavy atom. The molecule has 1 aliphatic heterocycles. The van der Waals surface area contributed by atoms with Crippen LogP contribution in [-0.2, 0) is 14.3 Å². The number of ether oxygens (including phenoxy) is 2. The molecule has 2 fully saturated rings. The molecule has 0 aromatic carbocycles. The van der Waals surface area contributed by atoms with Gasteiger partial charge in [-0.15, -0.1) is 0 Å². The summed E-state index contributed by atoms with van der Waals surface area (Å²) in [6, 6.07) is 0.156. The average molecular weight is 421 g/mol. The third-order valence-corrected chi connectivity index (χ3v) is 6.12. The van der Waals surface area contributed by atoms with Crippen LogP contribution < -0.4 is 10.6 Å². The predicted molar refractivity (Wildman–Crippen MR) is 111 cm³/mol. The Hall–Kier alpha value is -2.49. The standard InChI is InChI=1S/C20H31N5O5/c1-4-30-18(26)20(3)8-5-14(6-9-20)22-17-16(25(27)28)11-21-19(24-17)23-15-7-10-29-12-13(15)2/h11,13-15H,4-10,12H2,1-3H3,(H2,21,22,23,24)/t13-,14-,15-,20-/m1/s1. The van der Waals surface area contributed by atoms with Crippen LogP contribution in [0.15, 0.2) is 6.20 Å². The van der Waals surface area contributed by atoms with Crippen LogP contribution in [0.3, 0.4) is 0 Å². The molecule has 2 atom stereocenters. The van der Waals surface area contributed by atoms with Crippen molar-refractivity contribution in [3.63, 3.8) is 0 Å². The number of carbonyl (C=O) groups is 1. The summed E-state index contributed by atoms with van der Waals surface area (Å²) in [4.78, 5) is 31.8. The van der Waals surface area contributed by atoms with Crippen LogP contribution in [0.1, 0.15) is 52.9 Å². The number of esters is 1. The number of rotatable bonds is 7. The summed E-state index contributed by atoms with van der Waals surface area (Å²) in [6.07, 6.45) is 4.80. The van der Waals surface area contributed by atoms with Crippen molar-refractivity contribution in [2.24, 2.45) is 11.3 Å². The zero-order valence-electron chi connectivity index (χ0n) is 17.8. The van der Waals surface area contributed by atoms with Gasteiger partial charge in [0.25, 0.3) is 0 Å². The molecule has 1 saturated heterocycles. The van der Waals surface area contributed by atoms with Crippen molar-refractivity contribution >= 4 is 23.4 Å². The lowest BCUT2D eigenvalue weighted by Gasteiger charge is -2.35. The van der Waals surface area contributed by atoms with Crippen molar-refractivity contribution in [1.29, 1.82) is 0 Å². The van der Waals surface area contributed by atoms with E-state index in [1.54, 1.807) is 6.92 Å². The molecule has 30 heavy (non-hydrogen) atoms. The summed E-state index contributed by atoms with van der Waals surface area (Å²) >= 11 is 0. The van der Waals surface area contributed by atoms with Crippen molar-refractivity contribution in [3.05, 3.63) is 16.3 Å². The van der Waals surface area contributed by atoms with Gasteiger partial charge in [0.05, 0.1) is 23.6 Å². The van der Waals surface area contributed by atoms with Gasteiger partial charge in [-0.3, -0.25) is 14.9 Å². The van der Waals surface area contributed by atoms with Crippen LogP contribution >= 0.6 is 0 Å². The van der Waals surface area contributed by atoms with Gasteiger partial charge in [0.15, 0.2) is 0 Å². The van der Waals surface area contributed by atoms with Gasteiger partial charge in [-0.1, -0.05) is 6.92 Å². The minimum Gasteiger partial charge on any atom is -0.466 e. The number of carbonyl (C=O) groups excluding carboxylic acids is 1. The second-order valence-electron chi connectivity index (χ2n) is 8.48. The maximum absolute atomic E-state index is 12.2. The summed E-state index contributed by atoms with van der Waals surface area (Å²) in [6.45, 7) is 7.51. The lowest BCUT2D eigenvalue weighted by Crippen LogP contribution is -2.38. The Morgan fingerprint density at radius 2 is 2.10 bits per heavy atom. The quantitative estimate of drug-likeness (QED) is 0.387. The van der Waals surface area contributed by atoms with E-state index < -0.39 is 10.3 Å². The van der Waals surface area contributed by atoms with E-state index in [1.807, 2.05) is 6.92 Å². The maximum atomic E-state index is 12.2. The summed E-state index contributed by atoms with van der Waals surface area (Å²) < 4.78 is 10.7. The SMILES string of the molecule is CCOC(=O)[C@]1(C)CC[C@@H](Nc2nc(N[C@@H]3CCOC[C@H]3C)ncc2[N+](=O)[O-])CC1. The van der Waals surface area contributed by atoms with E-state index in [4.69, 9.17) is 9.47 Å². The number of nitrogens with one attached hydrogen (secondary N) is 2. The largest absolute Gasteiger partial charge is 0.466 e. The summed E-state index contributed by atoms with van der Waals surface area (Å²) in [5, 5.41) is 18.0. The summed E-state index contributed by atoms with van der Waals surface area (Å²) in [5.41, 5.74) is -0.656. The fraction of sp³-hybridized carbons (Fsp3) is 0.750. The van der Waals surface area contributed by atoms with E-state index in [1.165, 1.54) is 6.20 Å². The van der Waals surface area contributed by atoms with E-state index in [9.17, 15) is 14.9 Å². The molecule has 2 N–H and O–H groups in total. The Balaban J connectivity index is 1.68. The van der Waals surface area contributed by atoms with E-state index in [0.717, 1.165) is 6.42 Å². The minimum atomic E-state index is -0.502. The molecule has 3 rings (SSSR count). The van der Waals surface area contributed by atoms with Gasteiger partial charge in [0, 0.05) is 18.7 Å². The smallest absolute Gasteiger partial charge is 0.329 e. The first kappa shape index (κ1) is 22.2. The Labute approximate surface area is 176 Å². The molecule has 1 saturated carbocycles. The highest BCUT2D eigenvalue weighted by atomic mass is 16.6. The van der Waals surface area contributed by atoms with Gasteiger partial charge < -0.3 is 20.1 Å². The Bertz CT molecular complexity index is 766. The first-order valence-corrected chi connectivity index (χ1v) is 10.6. The molecule has 1 aromatic rings. The third kappa shape index (κ3) is 5.16. The molecule has 10 nitrogen and oxygen atoms in total. The molecule has 166 valence electrons. The molecule has 2 aliphatic rings. The van der Waals surface area contributed by atoms with Crippen molar-refractivity contribution in [1.82, 2.24) is 9.97 Å². The monoisotopic (exact) mass is 421 g/mol.